The Kier molecular flexibility index (Phi) is 5.34. The van der Waals surface area contributed by atoms with Crippen molar-refractivity contribution in [3.8, 4) is 5.75 Å². The van der Waals surface area contributed by atoms with Crippen LogP contribution in [0.3, 0.4) is 0 Å². The molecule has 1 aromatic rings. The van der Waals surface area contributed by atoms with Gasteiger partial charge in [0, 0.05) is 11.6 Å². The van der Waals surface area contributed by atoms with E-state index in [1.165, 1.54) is 6.92 Å². The van der Waals surface area contributed by atoms with Gasteiger partial charge in [-0.15, -0.1) is 8.78 Å². The Hall–Kier alpha value is -1.90. The molecule has 0 fully saturated rings. The summed E-state index contributed by atoms with van der Waals surface area (Å²) in [6.45, 7) is 1.28. The Labute approximate surface area is 125 Å². The maximum Gasteiger partial charge on any atom is 0.487 e. The summed E-state index contributed by atoms with van der Waals surface area (Å²) in [4.78, 5) is 22.7. The van der Waals surface area contributed by atoms with Crippen molar-refractivity contribution < 1.29 is 41.4 Å². The van der Waals surface area contributed by atoms with Crippen LogP contribution >= 0.6 is 11.6 Å². The number of alkyl halides is 3. The van der Waals surface area contributed by atoms with Crippen LogP contribution in [0.2, 0.25) is 0 Å². The van der Waals surface area contributed by atoms with Crippen LogP contribution in [0.4, 0.5) is 22.0 Å². The van der Waals surface area contributed by atoms with Crippen molar-refractivity contribution in [2.24, 2.45) is 5.92 Å². The third-order valence-corrected chi connectivity index (χ3v) is 2.70. The topological polar surface area (TPSA) is 63.6 Å². The number of rotatable bonds is 6. The lowest BCUT2D eigenvalue weighted by atomic mass is 9.94. The molecule has 0 bridgehead atoms. The summed E-state index contributed by atoms with van der Waals surface area (Å²) in [7, 11) is 0. The summed E-state index contributed by atoms with van der Waals surface area (Å²) in [5.74, 6) is -12.7. The van der Waals surface area contributed by atoms with Crippen molar-refractivity contribution in [3.05, 3.63) is 29.1 Å². The molecule has 0 saturated heterocycles. The number of carboxylic acid groups (broad SMARTS) is 1. The molecule has 122 valence electrons. The number of hydrogen-bond acceptors (Lipinski definition) is 3. The van der Waals surface area contributed by atoms with Gasteiger partial charge >= 0.3 is 11.5 Å². The number of Topliss-reactive ketones (excluding diaryl/α,β-unsaturated/α-hetero) is 1. The zero-order valence-corrected chi connectivity index (χ0v) is 11.6. The molecule has 0 radical (unpaired) electrons. The van der Waals surface area contributed by atoms with Gasteiger partial charge in [-0.05, 0) is 12.5 Å². The SMILES string of the molecule is CCC(C(=O)O)C(=O)c1cc(F)c(F)c(OC(F)(F)Cl)c1F. The van der Waals surface area contributed by atoms with E-state index in [0.717, 1.165) is 0 Å². The van der Waals surface area contributed by atoms with Crippen molar-refractivity contribution >= 4 is 23.4 Å². The van der Waals surface area contributed by atoms with E-state index in [2.05, 4.69) is 16.3 Å². The molecule has 0 aliphatic carbocycles. The van der Waals surface area contributed by atoms with Crippen molar-refractivity contribution in [3.63, 3.8) is 0 Å². The van der Waals surface area contributed by atoms with Gasteiger partial charge in [0.05, 0.1) is 5.56 Å². The zero-order valence-electron chi connectivity index (χ0n) is 10.8. The standard InChI is InChI=1S/C12H8ClF5O4/c1-2-4(11(20)21)9(19)5-3-6(14)8(16)10(7(5)15)22-12(13,17)18/h3-4H,2H2,1H3,(H,20,21). The number of carbonyl (C=O) groups excluding carboxylic acids is 1. The van der Waals surface area contributed by atoms with Gasteiger partial charge in [-0.1, -0.05) is 6.92 Å². The number of carboxylic acids is 1. The lowest BCUT2D eigenvalue weighted by Gasteiger charge is -2.15. The molecule has 1 N–H and O–H groups in total. The average molecular weight is 347 g/mol. The molecule has 0 saturated carbocycles. The van der Waals surface area contributed by atoms with Gasteiger partial charge in [0.1, 0.15) is 5.92 Å². The van der Waals surface area contributed by atoms with Crippen LogP contribution in [0.1, 0.15) is 23.7 Å². The lowest BCUT2D eigenvalue weighted by molar-refractivity contribution is -0.140. The molecule has 0 spiro atoms. The van der Waals surface area contributed by atoms with Crippen LogP contribution in [0, 0.1) is 23.4 Å². The van der Waals surface area contributed by atoms with Crippen LogP contribution in [0.5, 0.6) is 5.75 Å². The fourth-order valence-electron chi connectivity index (χ4n) is 1.63. The third-order valence-electron chi connectivity index (χ3n) is 2.62. The third kappa shape index (κ3) is 3.85. The summed E-state index contributed by atoms with van der Waals surface area (Å²) >= 11 is 4.35. The van der Waals surface area contributed by atoms with Gasteiger partial charge in [0.25, 0.3) is 0 Å². The number of hydrogen-bond donors (Lipinski definition) is 1. The summed E-state index contributed by atoms with van der Waals surface area (Å²) in [6.07, 6.45) is -0.283. The molecule has 1 rings (SSSR count). The maximum atomic E-state index is 13.9. The van der Waals surface area contributed by atoms with E-state index in [-0.39, 0.29) is 12.5 Å². The minimum absolute atomic E-state index is 0.0673. The van der Waals surface area contributed by atoms with Crippen LogP contribution in [0.15, 0.2) is 6.07 Å². The van der Waals surface area contributed by atoms with Crippen molar-refractivity contribution in [2.75, 3.05) is 0 Å². The molecular formula is C12H8ClF5O4. The van der Waals surface area contributed by atoms with Gasteiger partial charge in [0.2, 0.25) is 11.6 Å². The van der Waals surface area contributed by atoms with E-state index in [9.17, 15) is 31.5 Å². The number of ether oxygens (including phenoxy) is 1. The quantitative estimate of drug-likeness (QED) is 0.281. The Morgan fingerprint density at radius 1 is 1.32 bits per heavy atom. The number of halogens is 6. The second-order valence-corrected chi connectivity index (χ2v) is 4.51. The monoisotopic (exact) mass is 346 g/mol. The van der Waals surface area contributed by atoms with Gasteiger partial charge in [0.15, 0.2) is 17.4 Å². The number of aliphatic carboxylic acids is 1. The summed E-state index contributed by atoms with van der Waals surface area (Å²) in [6, 6.07) is 0.0673. The molecule has 0 aliphatic rings. The van der Waals surface area contributed by atoms with Gasteiger partial charge < -0.3 is 9.84 Å². The minimum Gasteiger partial charge on any atom is -0.481 e. The first-order chi connectivity index (χ1) is 9.99. The first kappa shape index (κ1) is 18.1. The predicted octanol–water partition coefficient (Wildman–Crippen LogP) is 3.57. The molecular weight excluding hydrogens is 339 g/mol. The fourth-order valence-corrected chi connectivity index (χ4v) is 1.70. The van der Waals surface area contributed by atoms with Gasteiger partial charge in [-0.2, -0.15) is 4.39 Å². The summed E-state index contributed by atoms with van der Waals surface area (Å²) in [5, 5.41) is 8.79. The van der Waals surface area contributed by atoms with Crippen LogP contribution in [0.25, 0.3) is 0 Å². The molecule has 10 heteroatoms. The van der Waals surface area contributed by atoms with Crippen molar-refractivity contribution in [2.45, 2.75) is 18.9 Å². The highest BCUT2D eigenvalue weighted by Gasteiger charge is 2.36. The highest BCUT2D eigenvalue weighted by Crippen LogP contribution is 2.34. The average Bonchev–Trinajstić information content (AvgIpc) is 2.38. The normalized spacial score (nSPS) is 12.9. The molecule has 22 heavy (non-hydrogen) atoms. The minimum atomic E-state index is -4.56. The summed E-state index contributed by atoms with van der Waals surface area (Å²) < 4.78 is 69.0. The fraction of sp³-hybridized carbons (Fsp3) is 0.333. The van der Waals surface area contributed by atoms with E-state index in [1.807, 2.05) is 0 Å². The first-order valence-electron chi connectivity index (χ1n) is 5.69. The van der Waals surface area contributed by atoms with E-state index in [1.54, 1.807) is 0 Å². The molecule has 1 unspecified atom stereocenters. The Morgan fingerprint density at radius 3 is 2.27 bits per heavy atom. The van der Waals surface area contributed by atoms with E-state index >= 15 is 0 Å². The highest BCUT2D eigenvalue weighted by molar-refractivity contribution is 6.20. The Balaban J connectivity index is 3.45. The maximum absolute atomic E-state index is 13.9. The zero-order chi connectivity index (χ0) is 17.2. The van der Waals surface area contributed by atoms with Crippen LogP contribution < -0.4 is 4.74 Å². The smallest absolute Gasteiger partial charge is 0.481 e. The lowest BCUT2D eigenvalue weighted by Crippen LogP contribution is -2.25. The number of ketones is 1. The van der Waals surface area contributed by atoms with E-state index < -0.39 is 52.0 Å². The van der Waals surface area contributed by atoms with Gasteiger partial charge in [-0.25, -0.2) is 8.78 Å². The van der Waals surface area contributed by atoms with E-state index in [0.29, 0.717) is 0 Å². The summed E-state index contributed by atoms with van der Waals surface area (Å²) in [5.41, 5.74) is -5.80. The van der Waals surface area contributed by atoms with Crippen LogP contribution in [-0.4, -0.2) is 22.4 Å². The molecule has 1 atom stereocenters. The molecule has 0 amide bonds. The molecule has 0 aliphatic heterocycles. The van der Waals surface area contributed by atoms with Crippen LogP contribution in [-0.2, 0) is 4.79 Å². The molecule has 0 aromatic heterocycles. The van der Waals surface area contributed by atoms with Gasteiger partial charge in [-0.3, -0.25) is 9.59 Å². The number of benzene rings is 1. The molecule has 1 aromatic carbocycles. The molecule has 0 heterocycles. The molecule has 4 nitrogen and oxygen atoms in total. The predicted molar refractivity (Wildman–Crippen MR) is 63.5 cm³/mol. The largest absolute Gasteiger partial charge is 0.487 e. The second kappa shape index (κ2) is 6.47. The second-order valence-electron chi connectivity index (χ2n) is 4.07. The van der Waals surface area contributed by atoms with Crippen molar-refractivity contribution in [1.82, 2.24) is 0 Å². The first-order valence-corrected chi connectivity index (χ1v) is 6.07. The Bertz CT molecular complexity index is 615. The Morgan fingerprint density at radius 2 is 1.86 bits per heavy atom. The van der Waals surface area contributed by atoms with E-state index in [4.69, 9.17) is 5.11 Å². The van der Waals surface area contributed by atoms with Crippen molar-refractivity contribution in [1.29, 1.82) is 0 Å². The number of carbonyl (C=O) groups is 2. The highest BCUT2D eigenvalue weighted by atomic mass is 35.5.